The molecule has 0 saturated carbocycles. The van der Waals surface area contributed by atoms with Gasteiger partial charge in [-0.2, -0.15) is 13.5 Å². The fourth-order valence-electron chi connectivity index (χ4n) is 3.69. The zero-order valence-electron chi connectivity index (χ0n) is 19.2. The molecule has 1 aromatic carbocycles. The molecule has 2 N–H and O–H groups in total. The summed E-state index contributed by atoms with van der Waals surface area (Å²) in [6.45, 7) is 6.83. The Morgan fingerprint density at radius 3 is 2.64 bits per heavy atom. The van der Waals surface area contributed by atoms with Gasteiger partial charge in [-0.1, -0.05) is 25.1 Å². The average Bonchev–Trinajstić information content (AvgIpc) is 2.83. The van der Waals surface area contributed by atoms with Crippen molar-refractivity contribution in [1.82, 2.24) is 25.3 Å². The number of aryl methyl sites for hydroxylation is 2. The predicted octanol–water partition coefficient (Wildman–Crippen LogP) is 4.39. The molecule has 0 saturated heterocycles. The SMILES string of the molecule is CNC(=O)c1ccnc2c([C@H](C)CNc3cc(-c4cnc(C)c(C)c4)ncn3)cccc12.S. The van der Waals surface area contributed by atoms with Gasteiger partial charge in [-0.25, -0.2) is 9.97 Å². The highest BCUT2D eigenvalue weighted by Gasteiger charge is 2.15. The monoisotopic (exact) mass is 460 g/mol. The minimum absolute atomic E-state index is 0. The van der Waals surface area contributed by atoms with E-state index < -0.39 is 0 Å². The standard InChI is InChI=1S/C25H26N6O.H2S/c1-15-10-18(13-28-17(15)3)22-11-23(31-14-30-22)29-12-16(2)19-6-5-7-20-21(25(32)26-4)8-9-27-24(19)20;/h5-11,13-14,16H,12H2,1-4H3,(H,26,32)(H,29,30,31);1H2/t16-;/m1./s1. The highest BCUT2D eigenvalue weighted by atomic mass is 32.1. The number of amides is 1. The van der Waals surface area contributed by atoms with Crippen LogP contribution in [0.2, 0.25) is 0 Å². The minimum atomic E-state index is -0.116. The molecule has 1 amide bonds. The Kier molecular flexibility index (Phi) is 7.60. The van der Waals surface area contributed by atoms with Crippen LogP contribution in [-0.2, 0) is 0 Å². The Bertz CT molecular complexity index is 1290. The molecule has 170 valence electrons. The Morgan fingerprint density at radius 2 is 1.88 bits per heavy atom. The van der Waals surface area contributed by atoms with Gasteiger partial charge >= 0.3 is 0 Å². The summed E-state index contributed by atoms with van der Waals surface area (Å²) in [4.78, 5) is 30.0. The van der Waals surface area contributed by atoms with Crippen molar-refractivity contribution in [3.63, 3.8) is 0 Å². The van der Waals surface area contributed by atoms with Gasteiger partial charge in [0, 0.05) is 54.6 Å². The number of benzene rings is 1. The van der Waals surface area contributed by atoms with Crippen LogP contribution in [0.4, 0.5) is 5.82 Å². The van der Waals surface area contributed by atoms with E-state index in [1.807, 2.05) is 38.2 Å². The summed E-state index contributed by atoms with van der Waals surface area (Å²) >= 11 is 0. The van der Waals surface area contributed by atoms with Crippen LogP contribution in [0.5, 0.6) is 0 Å². The third-order valence-corrected chi connectivity index (χ3v) is 5.70. The maximum atomic E-state index is 12.2. The normalized spacial score (nSPS) is 11.5. The number of pyridine rings is 2. The van der Waals surface area contributed by atoms with Crippen LogP contribution in [0.3, 0.4) is 0 Å². The maximum Gasteiger partial charge on any atom is 0.251 e. The van der Waals surface area contributed by atoms with Gasteiger partial charge in [0.2, 0.25) is 0 Å². The maximum absolute atomic E-state index is 12.2. The number of nitrogens with one attached hydrogen (secondary N) is 2. The highest BCUT2D eigenvalue weighted by molar-refractivity contribution is 7.59. The summed E-state index contributed by atoms with van der Waals surface area (Å²) in [5.74, 6) is 0.779. The van der Waals surface area contributed by atoms with Crippen LogP contribution in [0.15, 0.2) is 55.1 Å². The van der Waals surface area contributed by atoms with Crippen molar-refractivity contribution in [1.29, 1.82) is 0 Å². The summed E-state index contributed by atoms with van der Waals surface area (Å²) < 4.78 is 0. The number of nitrogens with zero attached hydrogens (tertiary/aromatic N) is 4. The molecule has 4 aromatic rings. The number of hydrogen-bond donors (Lipinski definition) is 2. The van der Waals surface area contributed by atoms with E-state index in [0.29, 0.717) is 12.1 Å². The lowest BCUT2D eigenvalue weighted by atomic mass is 9.96. The molecule has 33 heavy (non-hydrogen) atoms. The third-order valence-electron chi connectivity index (χ3n) is 5.70. The fraction of sp³-hybridized carbons (Fsp3) is 0.240. The lowest BCUT2D eigenvalue weighted by Gasteiger charge is -2.16. The fourth-order valence-corrected chi connectivity index (χ4v) is 3.69. The molecular formula is C25H28N6OS. The second-order valence-corrected chi connectivity index (χ2v) is 7.88. The van der Waals surface area contributed by atoms with E-state index in [4.69, 9.17) is 0 Å². The van der Waals surface area contributed by atoms with Crippen LogP contribution in [-0.4, -0.2) is 39.4 Å². The number of anilines is 1. The van der Waals surface area contributed by atoms with Crippen LogP contribution < -0.4 is 10.6 Å². The van der Waals surface area contributed by atoms with Crippen LogP contribution >= 0.6 is 13.5 Å². The first kappa shape index (κ1) is 24.1. The molecule has 0 unspecified atom stereocenters. The minimum Gasteiger partial charge on any atom is -0.369 e. The van der Waals surface area contributed by atoms with Crippen molar-refractivity contribution in [3.8, 4) is 11.3 Å². The molecule has 0 aliphatic carbocycles. The van der Waals surface area contributed by atoms with Crippen molar-refractivity contribution in [3.05, 3.63) is 77.5 Å². The zero-order valence-corrected chi connectivity index (χ0v) is 20.2. The van der Waals surface area contributed by atoms with Gasteiger partial charge in [0.05, 0.1) is 16.8 Å². The van der Waals surface area contributed by atoms with Gasteiger partial charge in [-0.15, -0.1) is 0 Å². The number of para-hydroxylation sites is 1. The number of carbonyl (C=O) groups is 1. The quantitative estimate of drug-likeness (QED) is 0.443. The third kappa shape index (κ3) is 5.12. The van der Waals surface area contributed by atoms with E-state index in [1.54, 1.807) is 25.6 Å². The van der Waals surface area contributed by atoms with E-state index in [2.05, 4.69) is 49.6 Å². The van der Waals surface area contributed by atoms with E-state index in [-0.39, 0.29) is 25.3 Å². The van der Waals surface area contributed by atoms with Crippen molar-refractivity contribution >= 4 is 36.1 Å². The molecule has 0 aliphatic rings. The molecule has 0 spiro atoms. The highest BCUT2D eigenvalue weighted by Crippen LogP contribution is 2.27. The topological polar surface area (TPSA) is 92.7 Å². The number of hydrogen-bond acceptors (Lipinski definition) is 6. The Labute approximate surface area is 200 Å². The van der Waals surface area contributed by atoms with Crippen LogP contribution in [0.25, 0.3) is 22.2 Å². The predicted molar refractivity (Wildman–Crippen MR) is 137 cm³/mol. The van der Waals surface area contributed by atoms with Crippen molar-refractivity contribution in [2.45, 2.75) is 26.7 Å². The molecule has 0 bridgehead atoms. The Balaban J connectivity index is 0.00000306. The number of rotatable bonds is 6. The van der Waals surface area contributed by atoms with Crippen molar-refractivity contribution < 1.29 is 4.79 Å². The van der Waals surface area contributed by atoms with Gasteiger partial charge in [-0.3, -0.25) is 14.8 Å². The number of fused-ring (bicyclic) bond motifs is 1. The van der Waals surface area contributed by atoms with E-state index in [1.165, 1.54) is 0 Å². The lowest BCUT2D eigenvalue weighted by molar-refractivity contribution is 0.0964. The summed E-state index contributed by atoms with van der Waals surface area (Å²) in [5, 5.41) is 6.96. The number of aromatic nitrogens is 4. The summed E-state index contributed by atoms with van der Waals surface area (Å²) in [7, 11) is 1.63. The summed E-state index contributed by atoms with van der Waals surface area (Å²) in [6.07, 6.45) is 5.08. The smallest absolute Gasteiger partial charge is 0.251 e. The second kappa shape index (κ2) is 10.4. The Hall–Kier alpha value is -3.52. The molecular weight excluding hydrogens is 432 g/mol. The number of carbonyl (C=O) groups excluding carboxylic acids is 1. The first-order valence-electron chi connectivity index (χ1n) is 10.6. The average molecular weight is 461 g/mol. The largest absolute Gasteiger partial charge is 0.369 e. The molecule has 0 aliphatic heterocycles. The lowest BCUT2D eigenvalue weighted by Crippen LogP contribution is -2.18. The Morgan fingerprint density at radius 1 is 1.06 bits per heavy atom. The second-order valence-electron chi connectivity index (χ2n) is 7.88. The van der Waals surface area contributed by atoms with E-state index in [9.17, 15) is 4.79 Å². The van der Waals surface area contributed by atoms with Crippen LogP contribution in [0.1, 0.15) is 40.0 Å². The van der Waals surface area contributed by atoms with Gasteiger partial charge in [0.15, 0.2) is 0 Å². The van der Waals surface area contributed by atoms with Gasteiger partial charge < -0.3 is 10.6 Å². The van der Waals surface area contributed by atoms with Gasteiger partial charge in [0.1, 0.15) is 12.1 Å². The first-order chi connectivity index (χ1) is 15.5. The molecule has 4 rings (SSSR count). The summed E-state index contributed by atoms with van der Waals surface area (Å²) in [6, 6.07) is 11.7. The molecule has 0 radical (unpaired) electrons. The first-order valence-corrected chi connectivity index (χ1v) is 10.6. The molecule has 1 atom stereocenters. The van der Waals surface area contributed by atoms with Gasteiger partial charge in [0.25, 0.3) is 5.91 Å². The molecule has 0 fully saturated rings. The van der Waals surface area contributed by atoms with Crippen molar-refractivity contribution in [2.75, 3.05) is 18.9 Å². The molecule has 3 heterocycles. The van der Waals surface area contributed by atoms with Gasteiger partial charge in [-0.05, 0) is 37.1 Å². The van der Waals surface area contributed by atoms with Crippen LogP contribution in [0, 0.1) is 13.8 Å². The molecule has 3 aromatic heterocycles. The molecule has 8 heteroatoms. The summed E-state index contributed by atoms with van der Waals surface area (Å²) in [5.41, 5.74) is 6.48. The zero-order chi connectivity index (χ0) is 22.7. The van der Waals surface area contributed by atoms with Crippen molar-refractivity contribution in [2.24, 2.45) is 0 Å². The molecule has 7 nitrogen and oxygen atoms in total. The van der Waals surface area contributed by atoms with E-state index in [0.717, 1.165) is 44.8 Å². The van der Waals surface area contributed by atoms with E-state index >= 15 is 0 Å².